The van der Waals surface area contributed by atoms with Gasteiger partial charge < -0.3 is 10.2 Å². The Morgan fingerprint density at radius 3 is 2.74 bits per heavy atom. The summed E-state index contributed by atoms with van der Waals surface area (Å²) in [6.07, 6.45) is 5.19. The molecule has 0 radical (unpaired) electrons. The van der Waals surface area contributed by atoms with E-state index in [1.54, 1.807) is 36.7 Å². The molecular weight excluding hydrogens is 335 g/mol. The fourth-order valence-electron chi connectivity index (χ4n) is 2.65. The Morgan fingerprint density at radius 1 is 1.22 bits per heavy atom. The maximum atomic E-state index is 12.5. The zero-order chi connectivity index (χ0) is 16.2. The van der Waals surface area contributed by atoms with Crippen LogP contribution in [0, 0.1) is 5.92 Å². The number of hydrogen-bond acceptors (Lipinski definition) is 4. The van der Waals surface area contributed by atoms with Crippen molar-refractivity contribution in [1.82, 2.24) is 9.97 Å². The van der Waals surface area contributed by atoms with Crippen LogP contribution >= 0.6 is 23.2 Å². The minimum atomic E-state index is -0.109. The van der Waals surface area contributed by atoms with E-state index < -0.39 is 0 Å². The first kappa shape index (κ1) is 16.0. The molecular formula is C16H16Cl2N4O. The van der Waals surface area contributed by atoms with Crippen LogP contribution in [0.5, 0.6) is 0 Å². The normalized spacial score (nSPS) is 17.8. The van der Waals surface area contributed by atoms with E-state index in [0.29, 0.717) is 28.2 Å². The average molecular weight is 351 g/mol. The predicted molar refractivity (Wildman–Crippen MR) is 92.1 cm³/mol. The van der Waals surface area contributed by atoms with Gasteiger partial charge in [-0.15, -0.1) is 0 Å². The molecule has 0 spiro atoms. The number of aromatic nitrogens is 2. The molecule has 120 valence electrons. The second kappa shape index (κ2) is 7.15. The summed E-state index contributed by atoms with van der Waals surface area (Å²) >= 11 is 11.9. The Labute approximate surface area is 144 Å². The predicted octanol–water partition coefficient (Wildman–Crippen LogP) is 3.64. The fraction of sp³-hybridized carbons (Fsp3) is 0.312. The Kier molecular flexibility index (Phi) is 4.98. The number of halogens is 2. The van der Waals surface area contributed by atoms with E-state index >= 15 is 0 Å². The third-order valence-electron chi connectivity index (χ3n) is 3.81. The van der Waals surface area contributed by atoms with Crippen LogP contribution < -0.4 is 10.2 Å². The molecule has 0 bridgehead atoms. The highest BCUT2D eigenvalue weighted by Crippen LogP contribution is 2.26. The minimum absolute atomic E-state index is 0.0241. The van der Waals surface area contributed by atoms with Crippen molar-refractivity contribution in [3.63, 3.8) is 0 Å². The van der Waals surface area contributed by atoms with Gasteiger partial charge in [0.2, 0.25) is 11.9 Å². The molecule has 1 fully saturated rings. The summed E-state index contributed by atoms with van der Waals surface area (Å²) < 4.78 is 0. The molecule has 1 aromatic heterocycles. The van der Waals surface area contributed by atoms with Crippen LogP contribution in [-0.4, -0.2) is 29.0 Å². The van der Waals surface area contributed by atoms with Gasteiger partial charge in [0.05, 0.1) is 16.0 Å². The van der Waals surface area contributed by atoms with Crippen molar-refractivity contribution >= 4 is 40.7 Å². The second-order valence-corrected chi connectivity index (χ2v) is 6.27. The van der Waals surface area contributed by atoms with E-state index in [-0.39, 0.29) is 11.8 Å². The first-order valence-corrected chi connectivity index (χ1v) is 8.17. The van der Waals surface area contributed by atoms with Crippen LogP contribution in [0.4, 0.5) is 11.6 Å². The summed E-state index contributed by atoms with van der Waals surface area (Å²) in [5, 5.41) is 3.79. The molecule has 2 heterocycles. The van der Waals surface area contributed by atoms with Crippen LogP contribution in [0.15, 0.2) is 36.7 Å². The average Bonchev–Trinajstić information content (AvgIpc) is 2.59. The number of nitrogens with one attached hydrogen (secondary N) is 1. The molecule has 1 saturated heterocycles. The third-order valence-corrected chi connectivity index (χ3v) is 4.55. The van der Waals surface area contributed by atoms with Crippen molar-refractivity contribution in [2.45, 2.75) is 12.8 Å². The first-order valence-electron chi connectivity index (χ1n) is 7.41. The lowest BCUT2D eigenvalue weighted by Gasteiger charge is -2.31. The van der Waals surface area contributed by atoms with Crippen molar-refractivity contribution in [2.75, 3.05) is 23.3 Å². The van der Waals surface area contributed by atoms with E-state index in [1.807, 2.05) is 4.90 Å². The standard InChI is InChI=1S/C16H16Cl2N4O/c17-13-5-4-12(9-14(13)18)21-15(23)11-3-1-8-22(10-11)16-19-6-2-7-20-16/h2,4-7,9,11H,1,3,8,10H2,(H,21,23)/t11-/m0/s1. The van der Waals surface area contributed by atoms with Gasteiger partial charge in [-0.05, 0) is 37.1 Å². The molecule has 1 atom stereocenters. The maximum Gasteiger partial charge on any atom is 0.229 e. The summed E-state index contributed by atoms with van der Waals surface area (Å²) in [4.78, 5) is 23.0. The molecule has 0 unspecified atom stereocenters. The second-order valence-electron chi connectivity index (χ2n) is 5.45. The van der Waals surface area contributed by atoms with Gasteiger partial charge >= 0.3 is 0 Å². The number of benzene rings is 1. The van der Waals surface area contributed by atoms with Gasteiger partial charge in [0, 0.05) is 31.2 Å². The fourth-order valence-corrected chi connectivity index (χ4v) is 2.94. The van der Waals surface area contributed by atoms with E-state index in [4.69, 9.17) is 23.2 Å². The van der Waals surface area contributed by atoms with Gasteiger partial charge in [0.25, 0.3) is 0 Å². The Hall–Kier alpha value is -1.85. The molecule has 2 aromatic rings. The van der Waals surface area contributed by atoms with Crippen molar-refractivity contribution in [3.05, 3.63) is 46.7 Å². The van der Waals surface area contributed by atoms with Crippen LogP contribution in [0.25, 0.3) is 0 Å². The molecule has 23 heavy (non-hydrogen) atoms. The summed E-state index contributed by atoms with van der Waals surface area (Å²) in [6, 6.07) is 6.85. The van der Waals surface area contributed by atoms with Gasteiger partial charge in [-0.3, -0.25) is 4.79 Å². The Bertz CT molecular complexity index is 696. The summed E-state index contributed by atoms with van der Waals surface area (Å²) in [5.41, 5.74) is 0.650. The number of piperidine rings is 1. The molecule has 1 amide bonds. The van der Waals surface area contributed by atoms with Crippen molar-refractivity contribution < 1.29 is 4.79 Å². The Morgan fingerprint density at radius 2 is 2.00 bits per heavy atom. The van der Waals surface area contributed by atoms with Crippen molar-refractivity contribution in [2.24, 2.45) is 5.92 Å². The lowest BCUT2D eigenvalue weighted by molar-refractivity contribution is -0.120. The zero-order valence-electron chi connectivity index (χ0n) is 12.4. The summed E-state index contributed by atoms with van der Waals surface area (Å²) in [5.74, 6) is 0.533. The topological polar surface area (TPSA) is 58.1 Å². The Balaban J connectivity index is 1.66. The van der Waals surface area contributed by atoms with E-state index in [2.05, 4.69) is 15.3 Å². The molecule has 1 aromatic carbocycles. The largest absolute Gasteiger partial charge is 0.340 e. The van der Waals surface area contributed by atoms with Crippen LogP contribution in [0.1, 0.15) is 12.8 Å². The van der Waals surface area contributed by atoms with Gasteiger partial charge in [0.15, 0.2) is 0 Å². The van der Waals surface area contributed by atoms with Crippen molar-refractivity contribution in [1.29, 1.82) is 0 Å². The minimum Gasteiger partial charge on any atom is -0.340 e. The molecule has 1 aliphatic heterocycles. The van der Waals surface area contributed by atoms with Crippen LogP contribution in [0.2, 0.25) is 10.0 Å². The number of anilines is 2. The maximum absolute atomic E-state index is 12.5. The van der Waals surface area contributed by atoms with E-state index in [9.17, 15) is 4.79 Å². The number of carbonyl (C=O) groups excluding carboxylic acids is 1. The number of carbonyl (C=O) groups is 1. The lowest BCUT2D eigenvalue weighted by Crippen LogP contribution is -2.41. The SMILES string of the molecule is O=C(Nc1ccc(Cl)c(Cl)c1)[C@H]1CCCN(c2ncccn2)C1. The molecule has 5 nitrogen and oxygen atoms in total. The smallest absolute Gasteiger partial charge is 0.229 e. The first-order chi connectivity index (χ1) is 11.1. The molecule has 3 rings (SSSR count). The van der Waals surface area contributed by atoms with Gasteiger partial charge in [-0.2, -0.15) is 0 Å². The quantitative estimate of drug-likeness (QED) is 0.917. The molecule has 0 saturated carbocycles. The molecule has 1 N–H and O–H groups in total. The highest BCUT2D eigenvalue weighted by atomic mass is 35.5. The van der Waals surface area contributed by atoms with Gasteiger partial charge in [0.1, 0.15) is 0 Å². The van der Waals surface area contributed by atoms with E-state index in [1.165, 1.54) is 0 Å². The van der Waals surface area contributed by atoms with Crippen molar-refractivity contribution in [3.8, 4) is 0 Å². The van der Waals surface area contributed by atoms with E-state index in [0.717, 1.165) is 19.4 Å². The van der Waals surface area contributed by atoms with Gasteiger partial charge in [-0.1, -0.05) is 23.2 Å². The number of nitrogens with zero attached hydrogens (tertiary/aromatic N) is 3. The van der Waals surface area contributed by atoms with Gasteiger partial charge in [-0.25, -0.2) is 9.97 Å². The highest BCUT2D eigenvalue weighted by Gasteiger charge is 2.27. The zero-order valence-corrected chi connectivity index (χ0v) is 13.9. The monoisotopic (exact) mass is 350 g/mol. The van der Waals surface area contributed by atoms with Crippen LogP contribution in [-0.2, 0) is 4.79 Å². The number of rotatable bonds is 3. The lowest BCUT2D eigenvalue weighted by atomic mass is 9.97. The summed E-state index contributed by atoms with van der Waals surface area (Å²) in [6.45, 7) is 1.47. The number of hydrogen-bond donors (Lipinski definition) is 1. The summed E-state index contributed by atoms with van der Waals surface area (Å²) in [7, 11) is 0. The third kappa shape index (κ3) is 3.92. The number of amides is 1. The molecule has 7 heteroatoms. The molecule has 0 aliphatic carbocycles. The highest BCUT2D eigenvalue weighted by molar-refractivity contribution is 6.42. The van der Waals surface area contributed by atoms with Crippen LogP contribution in [0.3, 0.4) is 0 Å². The molecule has 1 aliphatic rings.